The van der Waals surface area contributed by atoms with Gasteiger partial charge in [0.2, 0.25) is 5.95 Å². The van der Waals surface area contributed by atoms with Crippen molar-refractivity contribution in [1.82, 2.24) is 20.2 Å². The largest absolute Gasteiger partial charge is 0.489 e. The molecule has 0 amide bonds. The molecule has 4 rings (SSSR count). The Balaban J connectivity index is 1.56. The number of nitrogens with zero attached hydrogens (tertiary/aromatic N) is 4. The van der Waals surface area contributed by atoms with Crippen molar-refractivity contribution in [2.45, 2.75) is 25.9 Å². The third-order valence-electron chi connectivity index (χ3n) is 4.97. The lowest BCUT2D eigenvalue weighted by Gasteiger charge is -2.23. The summed E-state index contributed by atoms with van der Waals surface area (Å²) in [5.74, 6) is 0.0243. The maximum atomic E-state index is 11.2. The van der Waals surface area contributed by atoms with Crippen molar-refractivity contribution in [3.8, 4) is 23.1 Å². The highest BCUT2D eigenvalue weighted by atomic mass is 16.5. The molecule has 0 atom stereocenters. The molecule has 1 fully saturated rings. The van der Waals surface area contributed by atoms with Gasteiger partial charge in [-0.3, -0.25) is 5.10 Å². The third-order valence-corrected chi connectivity index (χ3v) is 4.97. The first kappa shape index (κ1) is 20.3. The fourth-order valence-corrected chi connectivity index (χ4v) is 3.27. The lowest BCUT2D eigenvalue weighted by atomic mass is 10.1. The van der Waals surface area contributed by atoms with Crippen LogP contribution in [-0.4, -0.2) is 50.6 Å². The molecule has 3 aromatic rings. The van der Waals surface area contributed by atoms with Crippen LogP contribution in [0.4, 0.5) is 11.8 Å². The highest BCUT2D eigenvalue weighted by molar-refractivity contribution is 5.88. The van der Waals surface area contributed by atoms with Gasteiger partial charge in [-0.1, -0.05) is 0 Å². The molecule has 0 aliphatic carbocycles. The van der Waals surface area contributed by atoms with Crippen LogP contribution in [0.5, 0.6) is 5.75 Å². The molecule has 31 heavy (non-hydrogen) atoms. The van der Waals surface area contributed by atoms with E-state index in [1.807, 2.05) is 6.07 Å². The van der Waals surface area contributed by atoms with E-state index in [-0.39, 0.29) is 17.7 Å². The van der Waals surface area contributed by atoms with Crippen LogP contribution in [0.25, 0.3) is 11.3 Å². The molecule has 3 N–H and O–H groups in total. The van der Waals surface area contributed by atoms with E-state index in [1.54, 1.807) is 31.3 Å². The summed E-state index contributed by atoms with van der Waals surface area (Å²) in [7, 11) is 0. The SMILES string of the molecule is Cc1c(Nc2nccc(-c3ccc(OC4CCOCC4)c(C#N)c3)n2)n[nH]c1C(=O)O. The van der Waals surface area contributed by atoms with E-state index in [4.69, 9.17) is 14.6 Å². The Kier molecular flexibility index (Phi) is 5.77. The van der Waals surface area contributed by atoms with Crippen molar-refractivity contribution < 1.29 is 19.4 Å². The first-order valence-electron chi connectivity index (χ1n) is 9.72. The van der Waals surface area contributed by atoms with Crippen molar-refractivity contribution in [3.63, 3.8) is 0 Å². The van der Waals surface area contributed by atoms with E-state index in [2.05, 4.69) is 31.6 Å². The fourth-order valence-electron chi connectivity index (χ4n) is 3.27. The molecular weight excluding hydrogens is 400 g/mol. The summed E-state index contributed by atoms with van der Waals surface area (Å²) in [4.78, 5) is 19.8. The van der Waals surface area contributed by atoms with Gasteiger partial charge in [0.1, 0.15) is 23.6 Å². The molecule has 0 spiro atoms. The van der Waals surface area contributed by atoms with Crippen LogP contribution in [0.3, 0.4) is 0 Å². The van der Waals surface area contributed by atoms with Crippen molar-refractivity contribution >= 4 is 17.7 Å². The van der Waals surface area contributed by atoms with Crippen LogP contribution in [-0.2, 0) is 4.74 Å². The Labute approximate surface area is 177 Å². The van der Waals surface area contributed by atoms with Crippen molar-refractivity contribution in [1.29, 1.82) is 5.26 Å². The Morgan fingerprint density at radius 2 is 2.16 bits per heavy atom. The summed E-state index contributed by atoms with van der Waals surface area (Å²) in [5.41, 5.74) is 2.19. The zero-order valence-electron chi connectivity index (χ0n) is 16.8. The zero-order chi connectivity index (χ0) is 21.8. The molecule has 2 aromatic heterocycles. The van der Waals surface area contributed by atoms with E-state index in [1.165, 1.54) is 0 Å². The minimum absolute atomic E-state index is 0.00238. The molecule has 10 heteroatoms. The average molecular weight is 420 g/mol. The van der Waals surface area contributed by atoms with Gasteiger partial charge in [0.05, 0.1) is 24.5 Å². The molecule has 10 nitrogen and oxygen atoms in total. The standard InChI is InChI=1S/C21H20N6O4/c1-12-18(20(28)29)26-27-19(12)25-21-23-7-4-16(24-21)13-2-3-17(14(10-13)11-22)31-15-5-8-30-9-6-15/h2-4,7,10,15H,5-6,8-9H2,1H3,(H,28,29)(H2,23,24,25,26,27). The Bertz CT molecular complexity index is 1150. The zero-order valence-corrected chi connectivity index (χ0v) is 16.8. The predicted octanol–water partition coefficient (Wildman–Crippen LogP) is 3.05. The van der Waals surface area contributed by atoms with Gasteiger partial charge in [-0.2, -0.15) is 10.4 Å². The molecule has 0 bridgehead atoms. The third kappa shape index (κ3) is 4.46. The number of rotatable bonds is 6. The second-order valence-electron chi connectivity index (χ2n) is 7.02. The number of nitriles is 1. The molecule has 158 valence electrons. The first-order valence-corrected chi connectivity index (χ1v) is 9.72. The molecular formula is C21H20N6O4. The van der Waals surface area contributed by atoms with E-state index in [9.17, 15) is 10.1 Å². The number of carboxylic acids is 1. The summed E-state index contributed by atoms with van der Waals surface area (Å²) >= 11 is 0. The van der Waals surface area contributed by atoms with E-state index in [0.717, 1.165) is 18.4 Å². The van der Waals surface area contributed by atoms with Gasteiger partial charge < -0.3 is 19.9 Å². The molecule has 0 unspecified atom stereocenters. The van der Waals surface area contributed by atoms with E-state index in [0.29, 0.717) is 41.6 Å². The number of carboxylic acid groups (broad SMARTS) is 1. The normalized spacial score (nSPS) is 14.1. The van der Waals surface area contributed by atoms with E-state index >= 15 is 0 Å². The van der Waals surface area contributed by atoms with Gasteiger partial charge in [0.25, 0.3) is 0 Å². The Morgan fingerprint density at radius 3 is 2.87 bits per heavy atom. The number of aromatic carboxylic acids is 1. The lowest BCUT2D eigenvalue weighted by Crippen LogP contribution is -2.26. The highest BCUT2D eigenvalue weighted by Crippen LogP contribution is 2.28. The second kappa shape index (κ2) is 8.81. The lowest BCUT2D eigenvalue weighted by molar-refractivity contribution is 0.0254. The van der Waals surface area contributed by atoms with Crippen molar-refractivity contribution in [2.75, 3.05) is 18.5 Å². The molecule has 1 aliphatic rings. The summed E-state index contributed by atoms with van der Waals surface area (Å²) in [5, 5.41) is 28.1. The fraction of sp³-hybridized carbons (Fsp3) is 0.286. The highest BCUT2D eigenvalue weighted by Gasteiger charge is 2.18. The number of nitrogens with one attached hydrogen (secondary N) is 2. The van der Waals surface area contributed by atoms with Crippen LogP contribution in [0.1, 0.15) is 34.5 Å². The smallest absolute Gasteiger partial charge is 0.354 e. The maximum absolute atomic E-state index is 11.2. The summed E-state index contributed by atoms with van der Waals surface area (Å²) < 4.78 is 11.3. The molecule has 1 saturated heterocycles. The van der Waals surface area contributed by atoms with Crippen LogP contribution in [0.2, 0.25) is 0 Å². The number of aromatic amines is 1. The predicted molar refractivity (Wildman–Crippen MR) is 110 cm³/mol. The molecule has 1 aromatic carbocycles. The molecule has 1 aliphatic heterocycles. The van der Waals surface area contributed by atoms with Gasteiger partial charge in [0.15, 0.2) is 5.82 Å². The molecule has 0 radical (unpaired) electrons. The number of hydrogen-bond donors (Lipinski definition) is 3. The van der Waals surface area contributed by atoms with E-state index < -0.39 is 5.97 Å². The van der Waals surface area contributed by atoms with Crippen molar-refractivity contribution in [3.05, 3.63) is 47.3 Å². The molecule has 3 heterocycles. The number of H-pyrrole nitrogens is 1. The van der Waals surface area contributed by atoms with Gasteiger partial charge in [-0.05, 0) is 31.2 Å². The minimum Gasteiger partial charge on any atom is -0.489 e. The number of benzene rings is 1. The topological polar surface area (TPSA) is 146 Å². The average Bonchev–Trinajstić information content (AvgIpc) is 3.15. The van der Waals surface area contributed by atoms with Crippen LogP contribution < -0.4 is 10.1 Å². The monoisotopic (exact) mass is 420 g/mol. The van der Waals surface area contributed by atoms with Gasteiger partial charge in [0, 0.05) is 30.2 Å². The number of aromatic nitrogens is 4. The van der Waals surface area contributed by atoms with Crippen LogP contribution in [0, 0.1) is 18.3 Å². The first-order chi connectivity index (χ1) is 15.0. The molecule has 0 saturated carbocycles. The number of hydrogen-bond acceptors (Lipinski definition) is 8. The Morgan fingerprint density at radius 1 is 1.35 bits per heavy atom. The minimum atomic E-state index is -1.10. The number of ether oxygens (including phenoxy) is 2. The Hall–Kier alpha value is -3.97. The summed E-state index contributed by atoms with van der Waals surface area (Å²) in [6, 6.07) is 9.24. The van der Waals surface area contributed by atoms with Crippen LogP contribution in [0.15, 0.2) is 30.5 Å². The number of anilines is 2. The number of carbonyl (C=O) groups is 1. The van der Waals surface area contributed by atoms with Gasteiger partial charge in [-0.15, -0.1) is 0 Å². The maximum Gasteiger partial charge on any atom is 0.354 e. The van der Waals surface area contributed by atoms with Crippen molar-refractivity contribution in [2.24, 2.45) is 0 Å². The summed E-state index contributed by atoms with van der Waals surface area (Å²) in [6.45, 7) is 2.95. The van der Waals surface area contributed by atoms with Crippen LogP contribution >= 0.6 is 0 Å². The quantitative estimate of drug-likeness (QED) is 0.547. The second-order valence-corrected chi connectivity index (χ2v) is 7.02. The summed E-state index contributed by atoms with van der Waals surface area (Å²) in [6.07, 6.45) is 3.20. The van der Waals surface area contributed by atoms with Gasteiger partial charge >= 0.3 is 5.97 Å². The van der Waals surface area contributed by atoms with Gasteiger partial charge in [-0.25, -0.2) is 14.8 Å².